The average molecular weight is 813 g/mol. The first-order valence-corrected chi connectivity index (χ1v) is 19.4. The SMILES string of the molecule is C[C@@H](c1cc(C(F)(F)F)cc(C(F)(F)F)c1)N(Cc1cc(C(F)(F)F)ccc1CCNC[C@H]1CC[C@H](CC(=O)O)CC1)c1ncc(OCCS(C)(=O)=O)cn1. The maximum absolute atomic E-state index is 14.0. The zero-order valence-electron chi connectivity index (χ0n) is 29.9. The Morgan fingerprint density at radius 1 is 0.873 bits per heavy atom. The number of alkyl halides is 9. The fourth-order valence-corrected chi connectivity index (χ4v) is 6.80. The van der Waals surface area contributed by atoms with Crippen molar-refractivity contribution in [2.75, 3.05) is 36.6 Å². The first kappa shape index (κ1) is 43.6. The number of carboxylic acids is 1. The van der Waals surface area contributed by atoms with E-state index in [1.54, 1.807) is 0 Å². The summed E-state index contributed by atoms with van der Waals surface area (Å²) in [5, 5.41) is 12.4. The first-order chi connectivity index (χ1) is 25.5. The van der Waals surface area contributed by atoms with Gasteiger partial charge in [-0.2, -0.15) is 39.5 Å². The normalized spacial score (nSPS) is 17.5. The molecule has 1 aromatic heterocycles. The van der Waals surface area contributed by atoms with Gasteiger partial charge in [0.1, 0.15) is 6.61 Å². The summed E-state index contributed by atoms with van der Waals surface area (Å²) in [4.78, 5) is 20.5. The molecule has 0 bridgehead atoms. The van der Waals surface area contributed by atoms with Crippen molar-refractivity contribution in [2.45, 2.75) is 76.6 Å². The van der Waals surface area contributed by atoms with Crippen LogP contribution in [0.5, 0.6) is 5.75 Å². The molecule has 2 N–H and O–H groups in total. The van der Waals surface area contributed by atoms with Gasteiger partial charge in [0, 0.05) is 19.2 Å². The van der Waals surface area contributed by atoms with Gasteiger partial charge in [0.15, 0.2) is 15.6 Å². The van der Waals surface area contributed by atoms with Crippen molar-refractivity contribution in [1.82, 2.24) is 15.3 Å². The highest BCUT2D eigenvalue weighted by Crippen LogP contribution is 2.40. The van der Waals surface area contributed by atoms with Crippen LogP contribution in [-0.2, 0) is 46.1 Å². The Morgan fingerprint density at radius 2 is 1.44 bits per heavy atom. The number of nitrogens with zero attached hydrogens (tertiary/aromatic N) is 3. The smallest absolute Gasteiger partial charge is 0.416 e. The summed E-state index contributed by atoms with van der Waals surface area (Å²) >= 11 is 0. The maximum Gasteiger partial charge on any atom is 0.416 e. The molecule has 1 atom stereocenters. The Balaban J connectivity index is 1.67. The van der Waals surface area contributed by atoms with Crippen LogP contribution in [0, 0.1) is 11.8 Å². The van der Waals surface area contributed by atoms with E-state index in [9.17, 15) is 52.7 Å². The lowest BCUT2D eigenvalue weighted by molar-refractivity contribution is -0.143. The second-order valence-electron chi connectivity index (χ2n) is 13.8. The number of anilines is 1. The van der Waals surface area contributed by atoms with Crippen LogP contribution in [0.1, 0.15) is 78.5 Å². The lowest BCUT2D eigenvalue weighted by Crippen LogP contribution is -2.30. The van der Waals surface area contributed by atoms with Crippen LogP contribution in [0.25, 0.3) is 0 Å². The van der Waals surface area contributed by atoms with Crippen molar-refractivity contribution in [3.05, 3.63) is 82.2 Å². The van der Waals surface area contributed by atoms with E-state index in [0.717, 1.165) is 56.5 Å². The standard InChI is InChI=1S/C36H41F9N4O5S/c1-22(26-14-29(35(40,41)42)17-30(15-26)36(43,44)45)49(33-47-19-31(20-48-33)54-11-12-55(2,52)53)21-27-16-28(34(37,38)39)8-7-25(27)9-10-46-18-24-5-3-23(4-6-24)13-32(50)51/h7-8,14-17,19-20,22-24,46H,3-6,9-13,18,21H2,1-2H3,(H,50,51)/t22-,23-,24-/m0/s1. The predicted molar refractivity (Wildman–Crippen MR) is 184 cm³/mol. The Morgan fingerprint density at radius 3 is 1.96 bits per heavy atom. The van der Waals surface area contributed by atoms with Crippen LogP contribution in [0.15, 0.2) is 48.8 Å². The van der Waals surface area contributed by atoms with Crippen molar-refractivity contribution in [3.63, 3.8) is 0 Å². The molecule has 0 saturated heterocycles. The number of rotatable bonds is 16. The molecule has 4 rings (SSSR count). The van der Waals surface area contributed by atoms with Gasteiger partial charge in [0.25, 0.3) is 0 Å². The highest BCUT2D eigenvalue weighted by atomic mass is 32.2. The molecule has 55 heavy (non-hydrogen) atoms. The molecule has 0 amide bonds. The van der Waals surface area contributed by atoms with Crippen LogP contribution >= 0.6 is 0 Å². The molecule has 1 fully saturated rings. The number of aromatic nitrogens is 2. The van der Waals surface area contributed by atoms with Crippen molar-refractivity contribution in [2.24, 2.45) is 11.8 Å². The van der Waals surface area contributed by atoms with Crippen molar-refractivity contribution in [1.29, 1.82) is 0 Å². The van der Waals surface area contributed by atoms with Gasteiger partial charge < -0.3 is 20.1 Å². The Kier molecular flexibility index (Phi) is 14.1. The zero-order valence-corrected chi connectivity index (χ0v) is 30.7. The summed E-state index contributed by atoms with van der Waals surface area (Å²) in [6.45, 7) is 1.43. The average Bonchev–Trinajstić information content (AvgIpc) is 3.08. The number of ether oxygens (including phenoxy) is 1. The van der Waals surface area contributed by atoms with Gasteiger partial charge in [-0.05, 0) is 111 Å². The van der Waals surface area contributed by atoms with Gasteiger partial charge in [-0.25, -0.2) is 18.4 Å². The lowest BCUT2D eigenvalue weighted by atomic mass is 9.80. The summed E-state index contributed by atoms with van der Waals surface area (Å²) in [6.07, 6.45) is -8.45. The van der Waals surface area contributed by atoms with Gasteiger partial charge in [-0.15, -0.1) is 0 Å². The first-order valence-electron chi connectivity index (χ1n) is 17.3. The molecule has 0 spiro atoms. The van der Waals surface area contributed by atoms with Gasteiger partial charge in [-0.1, -0.05) is 6.07 Å². The minimum absolute atomic E-state index is 0.0142. The lowest BCUT2D eigenvalue weighted by Gasteiger charge is -2.31. The molecular formula is C36H41F9N4O5S. The number of benzene rings is 2. The Hall–Kier alpha value is -4.13. The van der Waals surface area contributed by atoms with Crippen LogP contribution in [0.3, 0.4) is 0 Å². The number of aliphatic carboxylic acids is 1. The van der Waals surface area contributed by atoms with Crippen LogP contribution < -0.4 is 15.0 Å². The predicted octanol–water partition coefficient (Wildman–Crippen LogP) is 8.14. The molecule has 0 unspecified atom stereocenters. The Bertz CT molecular complexity index is 1830. The minimum Gasteiger partial charge on any atom is -0.489 e. The highest BCUT2D eigenvalue weighted by molar-refractivity contribution is 7.90. The van der Waals surface area contributed by atoms with Gasteiger partial charge >= 0.3 is 24.5 Å². The molecule has 3 aromatic rings. The monoisotopic (exact) mass is 812 g/mol. The summed E-state index contributed by atoms with van der Waals surface area (Å²) < 4.78 is 153. The molecule has 9 nitrogen and oxygen atoms in total. The largest absolute Gasteiger partial charge is 0.489 e. The third kappa shape index (κ3) is 13.2. The molecule has 1 aliphatic rings. The zero-order chi connectivity index (χ0) is 40.8. The van der Waals surface area contributed by atoms with Crippen LogP contribution in [0.4, 0.5) is 45.5 Å². The van der Waals surface area contributed by atoms with Crippen molar-refractivity contribution in [3.8, 4) is 5.75 Å². The molecule has 0 aliphatic heterocycles. The van der Waals surface area contributed by atoms with Gasteiger partial charge in [-0.3, -0.25) is 4.79 Å². The van der Waals surface area contributed by atoms with Gasteiger partial charge in [0.2, 0.25) is 5.95 Å². The Labute approximate surface area is 312 Å². The minimum atomic E-state index is -5.17. The van der Waals surface area contributed by atoms with Crippen molar-refractivity contribution >= 4 is 21.8 Å². The molecule has 0 radical (unpaired) electrons. The van der Waals surface area contributed by atoms with Crippen molar-refractivity contribution < 1.29 is 62.6 Å². The second-order valence-corrected chi connectivity index (χ2v) is 16.0. The molecule has 304 valence electrons. The number of sulfone groups is 1. The van der Waals surface area contributed by atoms with Gasteiger partial charge in [0.05, 0.1) is 40.9 Å². The van der Waals surface area contributed by atoms with E-state index < -0.39 is 69.2 Å². The molecule has 1 aliphatic carbocycles. The van der Waals surface area contributed by atoms with E-state index in [4.69, 9.17) is 9.84 Å². The quantitative estimate of drug-likeness (QED) is 0.109. The molecule has 2 aromatic carbocycles. The number of hydrogen-bond acceptors (Lipinski definition) is 8. The number of carbonyl (C=O) groups is 1. The van der Waals surface area contributed by atoms with Crippen LogP contribution in [0.2, 0.25) is 0 Å². The van der Waals surface area contributed by atoms with E-state index in [2.05, 4.69) is 15.3 Å². The maximum atomic E-state index is 14.0. The molecule has 1 heterocycles. The second kappa shape index (κ2) is 17.8. The molecule has 1 saturated carbocycles. The van der Waals surface area contributed by atoms with E-state index in [1.807, 2.05) is 0 Å². The van der Waals surface area contributed by atoms with E-state index in [-0.39, 0.29) is 60.4 Å². The number of hydrogen-bond donors (Lipinski definition) is 2. The molecular weight excluding hydrogens is 771 g/mol. The summed E-state index contributed by atoms with van der Waals surface area (Å²) in [5.74, 6) is -1.10. The fraction of sp³-hybridized carbons (Fsp3) is 0.528. The van der Waals surface area contributed by atoms with Crippen LogP contribution in [-0.4, -0.2) is 61.2 Å². The summed E-state index contributed by atoms with van der Waals surface area (Å²) in [5.41, 5.74) is -4.17. The summed E-state index contributed by atoms with van der Waals surface area (Å²) in [7, 11) is -3.40. The third-order valence-corrected chi connectivity index (χ3v) is 10.4. The fourth-order valence-electron chi connectivity index (χ4n) is 6.42. The van der Waals surface area contributed by atoms with E-state index >= 15 is 0 Å². The number of halogens is 9. The summed E-state index contributed by atoms with van der Waals surface area (Å²) in [6, 6.07) is 2.69. The number of nitrogens with one attached hydrogen (secondary N) is 1. The topological polar surface area (TPSA) is 122 Å². The molecule has 19 heteroatoms. The van der Waals surface area contributed by atoms with E-state index in [0.29, 0.717) is 30.8 Å². The highest BCUT2D eigenvalue weighted by Gasteiger charge is 2.38. The number of carboxylic acid groups (broad SMARTS) is 1. The van der Waals surface area contributed by atoms with E-state index in [1.165, 1.54) is 17.9 Å². The third-order valence-electron chi connectivity index (χ3n) is 9.46.